The fourth-order valence-electron chi connectivity index (χ4n) is 4.26. The largest absolute Gasteiger partial charge is 0.354 e. The molecule has 2 aliphatic heterocycles. The summed E-state index contributed by atoms with van der Waals surface area (Å²) in [5.74, 6) is 1.27. The highest BCUT2D eigenvalue weighted by Crippen LogP contribution is 2.35. The number of benzene rings is 1. The van der Waals surface area contributed by atoms with Crippen molar-refractivity contribution in [2.75, 3.05) is 34.8 Å². The van der Waals surface area contributed by atoms with Crippen molar-refractivity contribution in [2.45, 2.75) is 25.8 Å². The number of pyridine rings is 1. The minimum atomic E-state index is -0.0520. The monoisotopic (exact) mass is 374 g/mol. The highest BCUT2D eigenvalue weighted by molar-refractivity contribution is 6.13. The number of nitrogens with one attached hydrogen (secondary N) is 1. The molecule has 1 atom stereocenters. The summed E-state index contributed by atoms with van der Waals surface area (Å²) in [4.78, 5) is 31.2. The molecule has 7 heteroatoms. The normalized spacial score (nSPS) is 18.8. The van der Waals surface area contributed by atoms with Crippen LogP contribution >= 0.6 is 0 Å². The molecule has 0 bridgehead atoms. The van der Waals surface area contributed by atoms with E-state index in [2.05, 4.69) is 20.2 Å². The Kier molecular flexibility index (Phi) is 4.07. The van der Waals surface area contributed by atoms with Gasteiger partial charge >= 0.3 is 0 Å². The van der Waals surface area contributed by atoms with E-state index in [4.69, 9.17) is 4.98 Å². The van der Waals surface area contributed by atoms with Crippen LogP contribution in [0, 0.1) is 0 Å². The van der Waals surface area contributed by atoms with Crippen LogP contribution in [-0.4, -0.2) is 46.5 Å². The Morgan fingerprint density at radius 1 is 1.21 bits per heavy atom. The van der Waals surface area contributed by atoms with E-state index in [9.17, 15) is 4.79 Å². The minimum Gasteiger partial charge on any atom is -0.354 e. The Balaban J connectivity index is 1.66. The summed E-state index contributed by atoms with van der Waals surface area (Å²) in [5.41, 5.74) is 2.34. The summed E-state index contributed by atoms with van der Waals surface area (Å²) in [6.45, 7) is 4.30. The van der Waals surface area contributed by atoms with Gasteiger partial charge in [-0.15, -0.1) is 0 Å². The lowest BCUT2D eigenvalue weighted by molar-refractivity contribution is 0.0988. The quantitative estimate of drug-likeness (QED) is 0.759. The molecule has 0 saturated carbocycles. The van der Waals surface area contributed by atoms with E-state index in [-0.39, 0.29) is 11.9 Å². The van der Waals surface area contributed by atoms with Crippen molar-refractivity contribution in [1.82, 2.24) is 15.0 Å². The molecule has 2 aliphatic rings. The molecule has 1 aromatic carbocycles. The average molecular weight is 374 g/mol. The van der Waals surface area contributed by atoms with E-state index in [1.54, 1.807) is 12.4 Å². The molecule has 1 N–H and O–H groups in total. The SMILES string of the molecule is CCNc1ncc2c(n1)N1CCC[C@H]1CN(c1cccc3ncccc13)C2=O. The maximum Gasteiger partial charge on any atom is 0.263 e. The third kappa shape index (κ3) is 2.66. The van der Waals surface area contributed by atoms with Gasteiger partial charge in [-0.1, -0.05) is 6.07 Å². The van der Waals surface area contributed by atoms with Crippen molar-refractivity contribution in [3.63, 3.8) is 0 Å². The van der Waals surface area contributed by atoms with E-state index in [0.29, 0.717) is 18.1 Å². The van der Waals surface area contributed by atoms with Crippen molar-refractivity contribution in [3.8, 4) is 0 Å². The van der Waals surface area contributed by atoms with Crippen molar-refractivity contribution < 1.29 is 4.79 Å². The third-order valence-corrected chi connectivity index (χ3v) is 5.54. The van der Waals surface area contributed by atoms with E-state index in [0.717, 1.165) is 48.3 Å². The summed E-state index contributed by atoms with van der Waals surface area (Å²) in [7, 11) is 0. The number of anilines is 3. The van der Waals surface area contributed by atoms with Crippen molar-refractivity contribution in [3.05, 3.63) is 48.3 Å². The maximum absolute atomic E-state index is 13.6. The summed E-state index contributed by atoms with van der Waals surface area (Å²) in [6.07, 6.45) is 5.59. The van der Waals surface area contributed by atoms with Crippen LogP contribution in [-0.2, 0) is 0 Å². The number of rotatable bonds is 3. The third-order valence-electron chi connectivity index (χ3n) is 5.54. The molecule has 7 nitrogen and oxygen atoms in total. The van der Waals surface area contributed by atoms with Gasteiger partial charge in [0.2, 0.25) is 5.95 Å². The standard InChI is InChI=1S/C21H22N6O/c1-2-22-21-24-12-16-19(25-21)26-11-5-6-14(26)13-27(20(16)28)18-9-3-8-17-15(18)7-4-10-23-17/h3-4,7-10,12,14H,2,5-6,11,13H2,1H3,(H,22,24,25)/t14-/m0/s1. The number of fused-ring (bicyclic) bond motifs is 4. The van der Waals surface area contributed by atoms with Crippen molar-refractivity contribution in [1.29, 1.82) is 0 Å². The van der Waals surface area contributed by atoms with Crippen molar-refractivity contribution >= 4 is 34.3 Å². The Hall–Kier alpha value is -3.22. The van der Waals surface area contributed by atoms with Crippen LogP contribution in [0.25, 0.3) is 10.9 Å². The molecule has 5 rings (SSSR count). The molecule has 0 spiro atoms. The number of amides is 1. The first-order valence-corrected chi connectivity index (χ1v) is 9.79. The van der Waals surface area contributed by atoms with E-state index >= 15 is 0 Å². The zero-order valence-corrected chi connectivity index (χ0v) is 15.8. The van der Waals surface area contributed by atoms with Crippen LogP contribution in [0.1, 0.15) is 30.1 Å². The predicted molar refractivity (Wildman–Crippen MR) is 110 cm³/mol. The first kappa shape index (κ1) is 16.9. The van der Waals surface area contributed by atoms with E-state index in [1.807, 2.05) is 42.2 Å². The van der Waals surface area contributed by atoms with E-state index in [1.165, 1.54) is 0 Å². The van der Waals surface area contributed by atoms with Gasteiger partial charge in [-0.3, -0.25) is 9.78 Å². The summed E-state index contributed by atoms with van der Waals surface area (Å²) < 4.78 is 0. The van der Waals surface area contributed by atoms with Gasteiger partial charge in [-0.25, -0.2) is 4.98 Å². The molecule has 28 heavy (non-hydrogen) atoms. The Labute approximate surface area is 163 Å². The zero-order valence-electron chi connectivity index (χ0n) is 15.8. The highest BCUT2D eigenvalue weighted by Gasteiger charge is 2.37. The molecule has 0 aliphatic carbocycles. The number of hydrogen-bond acceptors (Lipinski definition) is 6. The molecule has 1 saturated heterocycles. The molecule has 4 heterocycles. The molecule has 142 valence electrons. The van der Waals surface area contributed by atoms with Gasteiger partial charge in [0.1, 0.15) is 11.4 Å². The number of nitrogens with zero attached hydrogens (tertiary/aromatic N) is 5. The van der Waals surface area contributed by atoms with Crippen LogP contribution < -0.4 is 15.1 Å². The van der Waals surface area contributed by atoms with Crippen LogP contribution in [0.2, 0.25) is 0 Å². The number of aromatic nitrogens is 3. The molecule has 3 aromatic rings. The smallest absolute Gasteiger partial charge is 0.263 e. The topological polar surface area (TPSA) is 74.2 Å². The Morgan fingerprint density at radius 3 is 3.04 bits per heavy atom. The second-order valence-corrected chi connectivity index (χ2v) is 7.21. The number of carbonyl (C=O) groups excluding carboxylic acids is 1. The number of hydrogen-bond donors (Lipinski definition) is 1. The van der Waals surface area contributed by atoms with Crippen molar-refractivity contribution in [2.24, 2.45) is 0 Å². The minimum absolute atomic E-state index is 0.0520. The van der Waals surface area contributed by atoms with Crippen LogP contribution in [0.3, 0.4) is 0 Å². The molecular formula is C21H22N6O. The summed E-state index contributed by atoms with van der Waals surface area (Å²) in [6, 6.07) is 10.1. The lowest BCUT2D eigenvalue weighted by atomic mass is 10.1. The van der Waals surface area contributed by atoms with Crippen LogP contribution in [0.5, 0.6) is 0 Å². The summed E-state index contributed by atoms with van der Waals surface area (Å²) >= 11 is 0. The first-order chi connectivity index (χ1) is 13.8. The zero-order chi connectivity index (χ0) is 19.1. The molecule has 0 radical (unpaired) electrons. The van der Waals surface area contributed by atoms with Gasteiger partial charge in [-0.2, -0.15) is 4.98 Å². The second kappa shape index (κ2) is 6.74. The fourth-order valence-corrected chi connectivity index (χ4v) is 4.26. The highest BCUT2D eigenvalue weighted by atomic mass is 16.2. The second-order valence-electron chi connectivity index (χ2n) is 7.21. The number of carbonyl (C=O) groups is 1. The van der Waals surface area contributed by atoms with Crippen LogP contribution in [0.4, 0.5) is 17.5 Å². The van der Waals surface area contributed by atoms with Gasteiger partial charge in [0.25, 0.3) is 5.91 Å². The van der Waals surface area contributed by atoms with Gasteiger partial charge in [0.05, 0.1) is 11.2 Å². The molecular weight excluding hydrogens is 352 g/mol. The molecule has 1 fully saturated rings. The Bertz CT molecular complexity index is 1050. The van der Waals surface area contributed by atoms with Gasteiger partial charge < -0.3 is 15.1 Å². The first-order valence-electron chi connectivity index (χ1n) is 9.79. The maximum atomic E-state index is 13.6. The fraction of sp³-hybridized carbons (Fsp3) is 0.333. The Morgan fingerprint density at radius 2 is 2.14 bits per heavy atom. The van der Waals surface area contributed by atoms with Gasteiger partial charge in [0, 0.05) is 43.5 Å². The summed E-state index contributed by atoms with van der Waals surface area (Å²) in [5, 5.41) is 4.14. The van der Waals surface area contributed by atoms with Gasteiger partial charge in [0.15, 0.2) is 0 Å². The molecule has 2 aromatic heterocycles. The predicted octanol–water partition coefficient (Wildman–Crippen LogP) is 3.09. The van der Waals surface area contributed by atoms with E-state index < -0.39 is 0 Å². The molecule has 0 unspecified atom stereocenters. The van der Waals surface area contributed by atoms with Crippen LogP contribution in [0.15, 0.2) is 42.7 Å². The average Bonchev–Trinajstić information content (AvgIpc) is 3.16. The van der Waals surface area contributed by atoms with Gasteiger partial charge in [-0.05, 0) is 44.0 Å². The lowest BCUT2D eigenvalue weighted by Gasteiger charge is -2.27. The molecule has 1 amide bonds. The lowest BCUT2D eigenvalue weighted by Crippen LogP contribution is -2.39.